The molecule has 1 aliphatic heterocycles. The maximum absolute atomic E-state index is 12.8. The third-order valence-corrected chi connectivity index (χ3v) is 5.98. The Kier molecular flexibility index (Phi) is 5.07. The fourth-order valence-electron chi connectivity index (χ4n) is 4.27. The summed E-state index contributed by atoms with van der Waals surface area (Å²) < 4.78 is 1.58. The molecule has 2 atom stereocenters. The predicted octanol–water partition coefficient (Wildman–Crippen LogP) is 2.30. The van der Waals surface area contributed by atoms with Crippen LogP contribution in [0.25, 0.3) is 5.69 Å². The zero-order valence-electron chi connectivity index (χ0n) is 16.1. The molecule has 2 heterocycles. The number of phenolic OH excluding ortho intramolecular Hbond substituents is 1. The SMILES string of the molecule is CC1CCCC1C(=O)N1CCN(C(=O)c2cnn(-c3cccc(O)c3)c2)CC1. The molecule has 2 fully saturated rings. The van der Waals surface area contributed by atoms with E-state index in [4.69, 9.17) is 0 Å². The average Bonchev–Trinajstić information content (AvgIpc) is 3.36. The summed E-state index contributed by atoms with van der Waals surface area (Å²) in [6.45, 7) is 4.44. The van der Waals surface area contributed by atoms with Gasteiger partial charge in [0.1, 0.15) is 5.75 Å². The minimum absolute atomic E-state index is 0.0762. The van der Waals surface area contributed by atoms with Gasteiger partial charge in [-0.05, 0) is 30.9 Å². The molecule has 2 amide bonds. The Morgan fingerprint density at radius 3 is 2.54 bits per heavy atom. The van der Waals surface area contributed by atoms with Gasteiger partial charge in [-0.2, -0.15) is 5.10 Å². The summed E-state index contributed by atoms with van der Waals surface area (Å²) in [7, 11) is 0. The van der Waals surface area contributed by atoms with Gasteiger partial charge in [0.25, 0.3) is 5.91 Å². The number of aromatic hydroxyl groups is 1. The lowest BCUT2D eigenvalue weighted by atomic mass is 9.96. The zero-order chi connectivity index (χ0) is 19.7. The van der Waals surface area contributed by atoms with Gasteiger partial charge < -0.3 is 14.9 Å². The number of rotatable bonds is 3. The summed E-state index contributed by atoms with van der Waals surface area (Å²) in [6, 6.07) is 6.73. The first-order valence-electron chi connectivity index (χ1n) is 9.95. The summed E-state index contributed by atoms with van der Waals surface area (Å²) in [5.74, 6) is 0.956. The second-order valence-corrected chi connectivity index (χ2v) is 7.83. The highest BCUT2D eigenvalue weighted by Crippen LogP contribution is 2.32. The normalized spacial score (nSPS) is 22.5. The van der Waals surface area contributed by atoms with Gasteiger partial charge in [-0.3, -0.25) is 9.59 Å². The van der Waals surface area contributed by atoms with E-state index in [9.17, 15) is 14.7 Å². The second kappa shape index (κ2) is 7.66. The molecule has 28 heavy (non-hydrogen) atoms. The molecule has 7 nitrogen and oxygen atoms in total. The van der Waals surface area contributed by atoms with Gasteiger partial charge in [0.05, 0.1) is 17.4 Å². The van der Waals surface area contributed by atoms with Crippen molar-refractivity contribution in [3.8, 4) is 11.4 Å². The van der Waals surface area contributed by atoms with Crippen molar-refractivity contribution in [2.75, 3.05) is 26.2 Å². The Hall–Kier alpha value is -2.83. The summed E-state index contributed by atoms with van der Waals surface area (Å²) in [4.78, 5) is 29.3. The molecule has 2 aromatic rings. The number of benzene rings is 1. The first-order valence-corrected chi connectivity index (χ1v) is 9.95. The Balaban J connectivity index is 1.37. The smallest absolute Gasteiger partial charge is 0.257 e. The van der Waals surface area contributed by atoms with E-state index in [2.05, 4.69) is 12.0 Å². The molecule has 0 radical (unpaired) electrons. The molecular formula is C21H26N4O3. The van der Waals surface area contributed by atoms with Gasteiger partial charge in [0, 0.05) is 44.4 Å². The molecule has 1 N–H and O–H groups in total. The molecule has 0 spiro atoms. The number of carbonyl (C=O) groups is 2. The number of amides is 2. The monoisotopic (exact) mass is 382 g/mol. The van der Waals surface area contributed by atoms with Crippen LogP contribution in [0.4, 0.5) is 0 Å². The number of piperazine rings is 1. The van der Waals surface area contributed by atoms with Gasteiger partial charge in [-0.1, -0.05) is 19.4 Å². The van der Waals surface area contributed by atoms with Crippen molar-refractivity contribution in [3.63, 3.8) is 0 Å². The van der Waals surface area contributed by atoms with Crippen LogP contribution in [0.15, 0.2) is 36.7 Å². The van der Waals surface area contributed by atoms with Crippen molar-refractivity contribution in [2.24, 2.45) is 11.8 Å². The van der Waals surface area contributed by atoms with Crippen LogP contribution in [0, 0.1) is 11.8 Å². The minimum atomic E-state index is -0.0762. The average molecular weight is 382 g/mol. The van der Waals surface area contributed by atoms with Crippen LogP contribution < -0.4 is 0 Å². The number of aromatic nitrogens is 2. The minimum Gasteiger partial charge on any atom is -0.508 e. The first-order chi connectivity index (χ1) is 13.5. The largest absolute Gasteiger partial charge is 0.508 e. The maximum Gasteiger partial charge on any atom is 0.257 e. The number of hydrogen-bond donors (Lipinski definition) is 1. The third-order valence-electron chi connectivity index (χ3n) is 5.98. The third kappa shape index (κ3) is 3.61. The molecule has 1 aliphatic carbocycles. The topological polar surface area (TPSA) is 78.7 Å². The van der Waals surface area contributed by atoms with E-state index in [0.717, 1.165) is 19.3 Å². The second-order valence-electron chi connectivity index (χ2n) is 7.83. The van der Waals surface area contributed by atoms with Crippen molar-refractivity contribution in [1.29, 1.82) is 0 Å². The Labute approximate surface area is 164 Å². The van der Waals surface area contributed by atoms with Crippen molar-refractivity contribution >= 4 is 11.8 Å². The zero-order valence-corrected chi connectivity index (χ0v) is 16.1. The summed E-state index contributed by atoms with van der Waals surface area (Å²) in [5.41, 5.74) is 1.20. The number of hydrogen-bond acceptors (Lipinski definition) is 4. The summed E-state index contributed by atoms with van der Waals surface area (Å²) in [6.07, 6.45) is 6.49. The van der Waals surface area contributed by atoms with Gasteiger partial charge in [0.2, 0.25) is 5.91 Å². The number of phenols is 1. The fourth-order valence-corrected chi connectivity index (χ4v) is 4.27. The standard InChI is InChI=1S/C21H26N4O3/c1-15-4-2-7-19(15)21(28)24-10-8-23(9-11-24)20(27)16-13-22-25(14-16)17-5-3-6-18(26)12-17/h3,5-6,12-15,19,26H,2,4,7-11H2,1H3. The highest BCUT2D eigenvalue weighted by molar-refractivity contribution is 5.94. The van der Waals surface area contributed by atoms with Crippen molar-refractivity contribution < 1.29 is 14.7 Å². The van der Waals surface area contributed by atoms with E-state index in [0.29, 0.717) is 43.3 Å². The van der Waals surface area contributed by atoms with Crippen LogP contribution in [0.2, 0.25) is 0 Å². The van der Waals surface area contributed by atoms with Crippen molar-refractivity contribution in [1.82, 2.24) is 19.6 Å². The molecule has 1 saturated carbocycles. The van der Waals surface area contributed by atoms with E-state index in [-0.39, 0.29) is 23.5 Å². The summed E-state index contributed by atoms with van der Waals surface area (Å²) >= 11 is 0. The molecule has 7 heteroatoms. The van der Waals surface area contributed by atoms with Crippen LogP contribution in [-0.4, -0.2) is 62.7 Å². The molecule has 148 valence electrons. The lowest BCUT2D eigenvalue weighted by Crippen LogP contribution is -2.52. The van der Waals surface area contributed by atoms with Gasteiger partial charge in [0.15, 0.2) is 0 Å². The van der Waals surface area contributed by atoms with Crippen molar-refractivity contribution in [2.45, 2.75) is 26.2 Å². The Morgan fingerprint density at radius 1 is 1.11 bits per heavy atom. The Bertz CT molecular complexity index is 870. The molecule has 1 aromatic carbocycles. The molecule has 0 bridgehead atoms. The maximum atomic E-state index is 12.8. The van der Waals surface area contributed by atoms with E-state index in [1.165, 1.54) is 0 Å². The van der Waals surface area contributed by atoms with E-state index in [1.54, 1.807) is 40.2 Å². The van der Waals surface area contributed by atoms with Crippen LogP contribution in [0.1, 0.15) is 36.5 Å². The predicted molar refractivity (Wildman–Crippen MR) is 104 cm³/mol. The van der Waals surface area contributed by atoms with Crippen LogP contribution in [0.3, 0.4) is 0 Å². The van der Waals surface area contributed by atoms with E-state index in [1.807, 2.05) is 11.0 Å². The molecule has 1 saturated heterocycles. The number of carbonyl (C=O) groups excluding carboxylic acids is 2. The molecule has 2 aliphatic rings. The lowest BCUT2D eigenvalue weighted by molar-refractivity contribution is -0.138. The van der Waals surface area contributed by atoms with Crippen LogP contribution in [-0.2, 0) is 4.79 Å². The summed E-state index contributed by atoms with van der Waals surface area (Å²) in [5, 5.41) is 13.9. The van der Waals surface area contributed by atoms with E-state index >= 15 is 0 Å². The van der Waals surface area contributed by atoms with Gasteiger partial charge in [-0.25, -0.2) is 4.68 Å². The fraction of sp³-hybridized carbons (Fsp3) is 0.476. The molecule has 1 aromatic heterocycles. The van der Waals surface area contributed by atoms with Crippen LogP contribution in [0.5, 0.6) is 5.75 Å². The molecular weight excluding hydrogens is 356 g/mol. The highest BCUT2D eigenvalue weighted by atomic mass is 16.3. The number of nitrogens with zero attached hydrogens (tertiary/aromatic N) is 4. The first kappa shape index (κ1) is 18.5. The van der Waals surface area contributed by atoms with Gasteiger partial charge >= 0.3 is 0 Å². The molecule has 2 unspecified atom stereocenters. The van der Waals surface area contributed by atoms with E-state index < -0.39 is 0 Å². The lowest BCUT2D eigenvalue weighted by Gasteiger charge is -2.36. The van der Waals surface area contributed by atoms with Crippen LogP contribution >= 0.6 is 0 Å². The van der Waals surface area contributed by atoms with Crippen molar-refractivity contribution in [3.05, 3.63) is 42.2 Å². The molecule has 4 rings (SSSR count). The Morgan fingerprint density at radius 2 is 1.86 bits per heavy atom. The highest BCUT2D eigenvalue weighted by Gasteiger charge is 2.34. The van der Waals surface area contributed by atoms with Gasteiger partial charge in [-0.15, -0.1) is 0 Å². The quantitative estimate of drug-likeness (QED) is 0.884.